The van der Waals surface area contributed by atoms with E-state index >= 15 is 0 Å². The van der Waals surface area contributed by atoms with Crippen molar-refractivity contribution in [3.8, 4) is 0 Å². The van der Waals surface area contributed by atoms with Crippen LogP contribution in [0, 0.1) is 5.41 Å². The number of anilines is 2. The van der Waals surface area contributed by atoms with E-state index in [0.29, 0.717) is 5.57 Å². The fraction of sp³-hybridized carbons (Fsp3) is 0.273. The fourth-order valence-corrected chi connectivity index (χ4v) is 7.56. The Bertz CT molecular complexity index is 2160. The van der Waals surface area contributed by atoms with Crippen LogP contribution in [0.4, 0.5) is 10.8 Å². The third kappa shape index (κ3) is 7.40. The number of nitrogens with two attached hydrogens (primary N) is 2. The van der Waals surface area contributed by atoms with Gasteiger partial charge in [0.05, 0.1) is 10.9 Å². The van der Waals surface area contributed by atoms with Gasteiger partial charge in [0.15, 0.2) is 35.7 Å². The molecular formula is C33H35N10O7S2+. The number of hydrogen-bond donors (Lipinski definition) is 7. The number of nitrogens with zero attached hydrogens (tertiary/aromatic N) is 5. The van der Waals surface area contributed by atoms with Crippen LogP contribution < -0.4 is 26.7 Å². The lowest BCUT2D eigenvalue weighted by Gasteiger charge is -2.49. The molecule has 1 fully saturated rings. The molecule has 0 spiro atoms. The number of nitrogens with one attached hydrogen (secondary N) is 3. The smallest absolute Gasteiger partial charge is 0.352 e. The Kier molecular flexibility index (Phi) is 9.90. The van der Waals surface area contributed by atoms with E-state index in [4.69, 9.17) is 21.7 Å². The summed E-state index contributed by atoms with van der Waals surface area (Å²) in [6.07, 6.45) is 6.57. The van der Waals surface area contributed by atoms with Gasteiger partial charge in [0, 0.05) is 41.2 Å². The van der Waals surface area contributed by atoms with Gasteiger partial charge >= 0.3 is 11.9 Å². The number of amides is 2. The van der Waals surface area contributed by atoms with Gasteiger partial charge < -0.3 is 41.7 Å². The maximum Gasteiger partial charge on any atom is 0.352 e. The topological polar surface area (TPSA) is 255 Å². The number of aliphatic carboxylic acids is 2. The number of rotatable bonds is 13. The minimum Gasteiger partial charge on any atom is -0.478 e. The van der Waals surface area contributed by atoms with Crippen LogP contribution in [0.1, 0.15) is 25.1 Å². The molecule has 3 aromatic heterocycles. The molecule has 0 saturated carbocycles. The molecule has 6 rings (SSSR count). The van der Waals surface area contributed by atoms with Crippen molar-refractivity contribution in [3.63, 3.8) is 0 Å². The van der Waals surface area contributed by atoms with Crippen LogP contribution in [-0.4, -0.2) is 82.9 Å². The number of nitrogen functional groups attached to an aromatic ring is 1. The number of aryl methyl sites for hydroxylation is 2. The van der Waals surface area contributed by atoms with Crippen molar-refractivity contribution < 1.29 is 38.8 Å². The van der Waals surface area contributed by atoms with Gasteiger partial charge in [0.1, 0.15) is 22.8 Å². The van der Waals surface area contributed by atoms with Crippen molar-refractivity contribution in [3.05, 3.63) is 82.9 Å². The van der Waals surface area contributed by atoms with Crippen molar-refractivity contribution in [2.24, 2.45) is 10.9 Å². The summed E-state index contributed by atoms with van der Waals surface area (Å²) in [6.45, 7) is 3.45. The minimum atomic E-state index is -1.77. The molecule has 1 saturated heterocycles. The second-order valence-corrected chi connectivity index (χ2v) is 14.5. The molecule has 270 valence electrons. The van der Waals surface area contributed by atoms with E-state index < -0.39 is 40.8 Å². The molecule has 2 aliphatic rings. The van der Waals surface area contributed by atoms with E-state index in [2.05, 4.69) is 25.3 Å². The van der Waals surface area contributed by atoms with Gasteiger partial charge in [-0.05, 0) is 44.0 Å². The normalized spacial score (nSPS) is 17.4. The molecule has 0 aliphatic carbocycles. The van der Waals surface area contributed by atoms with Crippen LogP contribution in [0.5, 0.6) is 0 Å². The summed E-state index contributed by atoms with van der Waals surface area (Å²) in [5, 5.41) is 37.9. The van der Waals surface area contributed by atoms with Gasteiger partial charge in [-0.2, -0.15) is 0 Å². The number of benzene rings is 1. The zero-order chi connectivity index (χ0) is 37.3. The number of β-lactam (4-membered cyclic amide) rings is 1. The highest BCUT2D eigenvalue weighted by Gasteiger charge is 2.55. The van der Waals surface area contributed by atoms with Gasteiger partial charge in [0.25, 0.3) is 11.8 Å². The largest absolute Gasteiger partial charge is 0.478 e. The first-order chi connectivity index (χ1) is 24.7. The number of thioether (sulfide) groups is 1. The monoisotopic (exact) mass is 747 g/mol. The van der Waals surface area contributed by atoms with Crippen LogP contribution >= 0.6 is 23.1 Å². The number of guanidine groups is 1. The Morgan fingerprint density at radius 3 is 2.60 bits per heavy atom. The van der Waals surface area contributed by atoms with Crippen molar-refractivity contribution in [2.45, 2.75) is 50.4 Å². The lowest BCUT2D eigenvalue weighted by molar-refractivity contribution is -0.687. The Morgan fingerprint density at radius 2 is 1.94 bits per heavy atom. The molecule has 0 radical (unpaired) electrons. The van der Waals surface area contributed by atoms with Crippen LogP contribution in [0.15, 0.2) is 76.8 Å². The molecule has 2 aliphatic heterocycles. The standard InChI is InChI=1S/C33H34N10O7S2/c1-33(2,30(48)49)50-40-23(21-16-52-32(36)38-21)26(44)39-24-27(45)43-25(29(46)47)19(15-51-28(24)43)14-41-10-9-22-18(13-41)8-12-42(22)11-7-17-3-5-20(6-4-17)37-31(34)35/h3-6,8-10,12-13,16,24,28H,7,11,14-15H2,1-2H3,(H8-,34,35,36,37,38,39,44,46,47,48,49)/p+1/b40-23-/t24-,28-/m1/s1. The SMILES string of the molecule is CC(C)(O/N=C(\C(=O)N[C@@H]1C(=O)N2C(C(=O)O)=C(C[n+]3ccc4c(ccn4CCc4ccc(NC(=N)N)cc4)c3)CS[C@H]12)c1csc(N)n1)C(=O)O. The van der Waals surface area contributed by atoms with Crippen molar-refractivity contribution >= 4 is 80.2 Å². The number of fused-ring (bicyclic) bond motifs is 2. The van der Waals surface area contributed by atoms with Crippen LogP contribution in [-0.2, 0) is 43.5 Å². The highest BCUT2D eigenvalue weighted by atomic mass is 32.2. The van der Waals surface area contributed by atoms with Crippen molar-refractivity contribution in [2.75, 3.05) is 16.8 Å². The Morgan fingerprint density at radius 1 is 1.19 bits per heavy atom. The molecule has 0 unspecified atom stereocenters. The predicted octanol–water partition coefficient (Wildman–Crippen LogP) is 1.54. The van der Waals surface area contributed by atoms with Crippen LogP contribution in [0.3, 0.4) is 0 Å². The lowest BCUT2D eigenvalue weighted by Crippen LogP contribution is -2.71. The quantitative estimate of drug-likeness (QED) is 0.0338. The summed E-state index contributed by atoms with van der Waals surface area (Å²) < 4.78 is 4.01. The summed E-state index contributed by atoms with van der Waals surface area (Å²) in [5.74, 6) is -3.91. The fourth-order valence-electron chi connectivity index (χ4n) is 5.68. The Labute approximate surface area is 304 Å². The maximum absolute atomic E-state index is 13.4. The van der Waals surface area contributed by atoms with E-state index in [-0.39, 0.29) is 40.5 Å². The van der Waals surface area contributed by atoms with Gasteiger partial charge in [0.2, 0.25) is 5.60 Å². The average Bonchev–Trinajstić information content (AvgIpc) is 3.71. The molecule has 17 nitrogen and oxygen atoms in total. The van der Waals surface area contributed by atoms with Crippen molar-refractivity contribution in [1.82, 2.24) is 19.8 Å². The van der Waals surface area contributed by atoms with E-state index in [1.165, 1.54) is 35.9 Å². The highest BCUT2D eigenvalue weighted by Crippen LogP contribution is 2.40. The number of oxime groups is 1. The van der Waals surface area contributed by atoms with E-state index in [0.717, 1.165) is 46.5 Å². The van der Waals surface area contributed by atoms with Gasteiger partial charge in [-0.15, -0.1) is 23.1 Å². The van der Waals surface area contributed by atoms with Gasteiger partial charge in [-0.3, -0.25) is 19.9 Å². The predicted molar refractivity (Wildman–Crippen MR) is 193 cm³/mol. The number of carbonyl (C=O) groups excluding carboxylic acids is 2. The van der Waals surface area contributed by atoms with Crippen LogP contribution in [0.25, 0.3) is 10.9 Å². The maximum atomic E-state index is 13.4. The highest BCUT2D eigenvalue weighted by molar-refractivity contribution is 8.00. The molecule has 1 aromatic carbocycles. The van der Waals surface area contributed by atoms with E-state index in [1.54, 1.807) is 0 Å². The first-order valence-corrected chi connectivity index (χ1v) is 17.7. The zero-order valence-electron chi connectivity index (χ0n) is 27.9. The Balaban J connectivity index is 1.14. The second-order valence-electron chi connectivity index (χ2n) is 12.5. The second kappa shape index (κ2) is 14.3. The number of aromatic nitrogens is 3. The summed E-state index contributed by atoms with van der Waals surface area (Å²) in [4.78, 5) is 61.2. The summed E-state index contributed by atoms with van der Waals surface area (Å²) >= 11 is 2.34. The van der Waals surface area contributed by atoms with E-state index in [9.17, 15) is 29.4 Å². The minimum absolute atomic E-state index is 0.0217. The number of carboxylic acids is 2. The third-order valence-corrected chi connectivity index (χ3v) is 10.4. The molecule has 4 aromatic rings. The molecule has 0 bridgehead atoms. The third-order valence-electron chi connectivity index (χ3n) is 8.41. The summed E-state index contributed by atoms with van der Waals surface area (Å²) in [7, 11) is 0. The molecule has 2 atom stereocenters. The molecule has 52 heavy (non-hydrogen) atoms. The van der Waals surface area contributed by atoms with Gasteiger partial charge in [-0.25, -0.2) is 19.1 Å². The lowest BCUT2D eigenvalue weighted by atomic mass is 10.0. The molecule has 19 heteroatoms. The van der Waals surface area contributed by atoms with Crippen LogP contribution in [0.2, 0.25) is 0 Å². The average molecular weight is 748 g/mol. The van der Waals surface area contributed by atoms with E-state index in [1.807, 2.05) is 59.6 Å². The number of thiazole rings is 1. The first kappa shape index (κ1) is 35.9. The van der Waals surface area contributed by atoms with Gasteiger partial charge in [-0.1, -0.05) is 17.3 Å². The number of carbonyl (C=O) groups is 4. The zero-order valence-corrected chi connectivity index (χ0v) is 29.5. The molecular weight excluding hydrogens is 713 g/mol. The number of pyridine rings is 1. The number of carboxylic acid groups (broad SMARTS) is 2. The van der Waals surface area contributed by atoms with Crippen molar-refractivity contribution in [1.29, 1.82) is 5.41 Å². The number of hydrogen-bond acceptors (Lipinski definition) is 11. The first-order valence-electron chi connectivity index (χ1n) is 15.8. The molecule has 5 heterocycles. The summed E-state index contributed by atoms with van der Waals surface area (Å²) in [6, 6.07) is 10.6. The molecule has 2 amide bonds. The summed E-state index contributed by atoms with van der Waals surface area (Å²) in [5.41, 5.74) is 12.3. The molecule has 9 N–H and O–H groups in total. The Hall–Kier alpha value is -5.95.